The maximum Gasteiger partial charge on any atom is 0.222 e. The number of hydrogen-bond donors (Lipinski definition) is 1. The van der Waals surface area contributed by atoms with Crippen molar-refractivity contribution in [3.63, 3.8) is 0 Å². The fourth-order valence-corrected chi connectivity index (χ4v) is 2.72. The maximum absolute atomic E-state index is 12.2. The van der Waals surface area contributed by atoms with Crippen molar-refractivity contribution < 1.29 is 4.79 Å². The fourth-order valence-electron chi connectivity index (χ4n) is 2.72. The largest absolute Gasteiger partial charge is 0.341 e. The summed E-state index contributed by atoms with van der Waals surface area (Å²) < 4.78 is 0. The molecule has 1 aliphatic rings. The SMILES string of the molecule is CN(Cc1ccncc1)C(=O)CC1CCCCC1N. The summed E-state index contributed by atoms with van der Waals surface area (Å²) in [6.07, 6.45) is 8.67. The summed E-state index contributed by atoms with van der Waals surface area (Å²) in [6, 6.07) is 4.08. The Bertz CT molecular complexity index is 407. The van der Waals surface area contributed by atoms with Crippen LogP contribution in [0.2, 0.25) is 0 Å². The Labute approximate surface area is 115 Å². The average molecular weight is 261 g/mol. The third kappa shape index (κ3) is 4.03. The number of nitrogens with zero attached hydrogens (tertiary/aromatic N) is 2. The zero-order chi connectivity index (χ0) is 13.7. The average Bonchev–Trinajstić information content (AvgIpc) is 2.42. The second kappa shape index (κ2) is 6.66. The van der Waals surface area contributed by atoms with Crippen LogP contribution >= 0.6 is 0 Å². The molecule has 0 bridgehead atoms. The first kappa shape index (κ1) is 14.0. The number of rotatable bonds is 4. The second-order valence-electron chi connectivity index (χ2n) is 5.52. The molecule has 2 unspecified atom stereocenters. The molecule has 1 amide bonds. The molecular formula is C15H23N3O. The molecule has 0 saturated heterocycles. The minimum absolute atomic E-state index is 0.194. The molecule has 1 saturated carbocycles. The first-order valence-electron chi connectivity index (χ1n) is 7.05. The summed E-state index contributed by atoms with van der Waals surface area (Å²) in [5.74, 6) is 0.556. The van der Waals surface area contributed by atoms with E-state index < -0.39 is 0 Å². The summed E-state index contributed by atoms with van der Waals surface area (Å²) in [4.78, 5) is 18.0. The van der Waals surface area contributed by atoms with Crippen molar-refractivity contribution in [2.45, 2.75) is 44.7 Å². The first-order valence-corrected chi connectivity index (χ1v) is 7.05. The Morgan fingerprint density at radius 2 is 2.05 bits per heavy atom. The monoisotopic (exact) mass is 261 g/mol. The number of amides is 1. The Kier molecular flexibility index (Phi) is 4.91. The summed E-state index contributed by atoms with van der Waals surface area (Å²) in [5, 5.41) is 0. The molecule has 0 radical (unpaired) electrons. The molecule has 4 heteroatoms. The summed E-state index contributed by atoms with van der Waals surface area (Å²) in [5.41, 5.74) is 7.21. The molecular weight excluding hydrogens is 238 g/mol. The van der Waals surface area contributed by atoms with Gasteiger partial charge in [-0.05, 0) is 36.5 Å². The van der Waals surface area contributed by atoms with E-state index >= 15 is 0 Å². The number of carbonyl (C=O) groups is 1. The summed E-state index contributed by atoms with van der Waals surface area (Å²) in [6.45, 7) is 0.642. The molecule has 0 aromatic carbocycles. The van der Waals surface area contributed by atoms with Crippen molar-refractivity contribution in [2.24, 2.45) is 11.7 Å². The number of pyridine rings is 1. The first-order chi connectivity index (χ1) is 9.16. The van der Waals surface area contributed by atoms with Crippen molar-refractivity contribution in [1.82, 2.24) is 9.88 Å². The van der Waals surface area contributed by atoms with Crippen molar-refractivity contribution in [3.8, 4) is 0 Å². The van der Waals surface area contributed by atoms with Crippen LogP contribution in [-0.4, -0.2) is 28.9 Å². The van der Waals surface area contributed by atoms with E-state index in [2.05, 4.69) is 4.98 Å². The van der Waals surface area contributed by atoms with Gasteiger partial charge in [-0.15, -0.1) is 0 Å². The van der Waals surface area contributed by atoms with Crippen LogP contribution in [0.1, 0.15) is 37.7 Å². The Balaban J connectivity index is 1.85. The molecule has 1 fully saturated rings. The van der Waals surface area contributed by atoms with Gasteiger partial charge in [-0.1, -0.05) is 12.8 Å². The lowest BCUT2D eigenvalue weighted by Gasteiger charge is -2.29. The summed E-state index contributed by atoms with van der Waals surface area (Å²) in [7, 11) is 1.86. The van der Waals surface area contributed by atoms with Crippen molar-refractivity contribution >= 4 is 5.91 Å². The highest BCUT2D eigenvalue weighted by Gasteiger charge is 2.25. The molecule has 2 rings (SSSR count). The van der Waals surface area contributed by atoms with Crippen LogP contribution in [0.5, 0.6) is 0 Å². The normalized spacial score (nSPS) is 23.1. The van der Waals surface area contributed by atoms with Gasteiger partial charge < -0.3 is 10.6 Å². The highest BCUT2D eigenvalue weighted by atomic mass is 16.2. The van der Waals surface area contributed by atoms with E-state index in [-0.39, 0.29) is 11.9 Å². The zero-order valence-corrected chi connectivity index (χ0v) is 11.6. The van der Waals surface area contributed by atoms with Crippen molar-refractivity contribution in [1.29, 1.82) is 0 Å². The van der Waals surface area contributed by atoms with E-state index in [0.29, 0.717) is 18.9 Å². The lowest BCUT2D eigenvalue weighted by molar-refractivity contribution is -0.131. The molecule has 0 aliphatic heterocycles. The highest BCUT2D eigenvalue weighted by molar-refractivity contribution is 5.76. The Hall–Kier alpha value is -1.42. The van der Waals surface area contributed by atoms with Gasteiger partial charge in [0.25, 0.3) is 0 Å². The quantitative estimate of drug-likeness (QED) is 0.901. The number of carbonyl (C=O) groups excluding carboxylic acids is 1. The molecule has 2 atom stereocenters. The molecule has 1 aromatic heterocycles. The molecule has 19 heavy (non-hydrogen) atoms. The fraction of sp³-hybridized carbons (Fsp3) is 0.600. The van der Waals surface area contributed by atoms with E-state index in [1.807, 2.05) is 19.2 Å². The van der Waals surface area contributed by atoms with Gasteiger partial charge in [0.05, 0.1) is 0 Å². The van der Waals surface area contributed by atoms with Gasteiger partial charge in [-0.2, -0.15) is 0 Å². The molecule has 0 spiro atoms. The van der Waals surface area contributed by atoms with Crippen LogP contribution in [-0.2, 0) is 11.3 Å². The van der Waals surface area contributed by atoms with E-state index in [0.717, 1.165) is 18.4 Å². The van der Waals surface area contributed by atoms with Crippen LogP contribution in [0.3, 0.4) is 0 Å². The van der Waals surface area contributed by atoms with Gasteiger partial charge in [0.1, 0.15) is 0 Å². The topological polar surface area (TPSA) is 59.2 Å². The van der Waals surface area contributed by atoms with Gasteiger partial charge >= 0.3 is 0 Å². The van der Waals surface area contributed by atoms with Crippen LogP contribution in [0, 0.1) is 5.92 Å². The number of hydrogen-bond acceptors (Lipinski definition) is 3. The smallest absolute Gasteiger partial charge is 0.222 e. The third-order valence-corrected chi connectivity index (χ3v) is 4.00. The van der Waals surface area contributed by atoms with Crippen molar-refractivity contribution in [3.05, 3.63) is 30.1 Å². The van der Waals surface area contributed by atoms with Crippen LogP contribution < -0.4 is 5.73 Å². The van der Waals surface area contributed by atoms with E-state index in [1.165, 1.54) is 12.8 Å². The van der Waals surface area contributed by atoms with Gasteiger partial charge in [0.2, 0.25) is 5.91 Å². The second-order valence-corrected chi connectivity index (χ2v) is 5.52. The lowest BCUT2D eigenvalue weighted by atomic mass is 9.83. The van der Waals surface area contributed by atoms with Crippen LogP contribution in [0.15, 0.2) is 24.5 Å². The number of aromatic nitrogens is 1. The van der Waals surface area contributed by atoms with E-state index in [4.69, 9.17) is 5.73 Å². The molecule has 2 N–H and O–H groups in total. The minimum atomic E-state index is 0.194. The van der Waals surface area contributed by atoms with E-state index in [9.17, 15) is 4.79 Å². The highest BCUT2D eigenvalue weighted by Crippen LogP contribution is 2.26. The number of nitrogens with two attached hydrogens (primary N) is 1. The van der Waals surface area contributed by atoms with Gasteiger partial charge in [0, 0.05) is 38.4 Å². The molecule has 4 nitrogen and oxygen atoms in total. The Morgan fingerprint density at radius 1 is 1.37 bits per heavy atom. The van der Waals surface area contributed by atoms with Crippen LogP contribution in [0.25, 0.3) is 0 Å². The molecule has 1 aromatic rings. The molecule has 104 valence electrons. The van der Waals surface area contributed by atoms with Crippen LogP contribution in [0.4, 0.5) is 0 Å². The van der Waals surface area contributed by atoms with Gasteiger partial charge in [-0.25, -0.2) is 0 Å². The molecule has 1 aliphatic carbocycles. The summed E-state index contributed by atoms with van der Waals surface area (Å²) >= 11 is 0. The van der Waals surface area contributed by atoms with Gasteiger partial charge in [-0.3, -0.25) is 9.78 Å². The predicted octanol–water partition coefficient (Wildman–Crippen LogP) is 1.95. The molecule has 1 heterocycles. The lowest BCUT2D eigenvalue weighted by Crippen LogP contribution is -2.37. The zero-order valence-electron chi connectivity index (χ0n) is 11.6. The van der Waals surface area contributed by atoms with Crippen molar-refractivity contribution in [2.75, 3.05) is 7.05 Å². The van der Waals surface area contributed by atoms with E-state index in [1.54, 1.807) is 17.3 Å². The Morgan fingerprint density at radius 3 is 2.74 bits per heavy atom. The minimum Gasteiger partial charge on any atom is -0.341 e. The third-order valence-electron chi connectivity index (χ3n) is 4.00. The maximum atomic E-state index is 12.2. The predicted molar refractivity (Wildman–Crippen MR) is 75.3 cm³/mol. The standard InChI is InChI=1S/C15H23N3O/c1-18(11-12-6-8-17-9-7-12)15(19)10-13-4-2-3-5-14(13)16/h6-9,13-14H,2-5,10-11,16H2,1H3. The van der Waals surface area contributed by atoms with Gasteiger partial charge in [0.15, 0.2) is 0 Å².